The summed E-state index contributed by atoms with van der Waals surface area (Å²) in [5.74, 6) is 0.906. The summed E-state index contributed by atoms with van der Waals surface area (Å²) in [6.45, 7) is 2.07. The minimum Gasteiger partial charge on any atom is -0.398 e. The summed E-state index contributed by atoms with van der Waals surface area (Å²) in [5, 5.41) is 8.34. The van der Waals surface area contributed by atoms with Crippen LogP contribution in [0.2, 0.25) is 0 Å². The van der Waals surface area contributed by atoms with E-state index in [1.807, 2.05) is 18.5 Å². The number of aryl methyl sites for hydroxylation is 1. The second kappa shape index (κ2) is 4.44. The van der Waals surface area contributed by atoms with Crippen LogP contribution in [0.5, 0.6) is 0 Å². The van der Waals surface area contributed by atoms with Crippen LogP contribution < -0.4 is 5.73 Å². The lowest BCUT2D eigenvalue weighted by Crippen LogP contribution is -2.06. The van der Waals surface area contributed by atoms with Crippen LogP contribution in [-0.2, 0) is 0 Å². The Morgan fingerprint density at radius 2 is 2.06 bits per heavy atom. The third-order valence-electron chi connectivity index (χ3n) is 3.74. The molecule has 1 aromatic carbocycles. The molecule has 0 aliphatic heterocycles. The summed E-state index contributed by atoms with van der Waals surface area (Å²) in [6, 6.07) is 6.59. The van der Waals surface area contributed by atoms with Gasteiger partial charge in [-0.3, -0.25) is 0 Å². The smallest absolute Gasteiger partial charge is 0.166 e. The first-order chi connectivity index (χ1) is 8.75. The molecule has 0 spiro atoms. The van der Waals surface area contributed by atoms with Crippen molar-refractivity contribution in [2.75, 3.05) is 5.73 Å². The standard InChI is InChI=1S/C14H18N4/c1-10-6-7-13(15)12(8-10)14-17-16-9-18(14)11-4-2-3-5-11/h6-9,11H,2-5,15H2,1H3. The molecule has 18 heavy (non-hydrogen) atoms. The molecule has 1 aliphatic rings. The number of hydrogen-bond acceptors (Lipinski definition) is 3. The molecular weight excluding hydrogens is 224 g/mol. The van der Waals surface area contributed by atoms with Crippen molar-refractivity contribution in [3.05, 3.63) is 30.1 Å². The van der Waals surface area contributed by atoms with Crippen LogP contribution >= 0.6 is 0 Å². The molecule has 1 fully saturated rings. The van der Waals surface area contributed by atoms with Gasteiger partial charge in [0, 0.05) is 17.3 Å². The Labute approximate surface area is 107 Å². The fourth-order valence-corrected chi connectivity index (χ4v) is 2.75. The van der Waals surface area contributed by atoms with Crippen molar-refractivity contribution in [3.63, 3.8) is 0 Å². The molecule has 3 rings (SSSR count). The molecule has 4 heteroatoms. The first kappa shape index (κ1) is 11.3. The number of nitrogens with zero attached hydrogens (tertiary/aromatic N) is 3. The number of hydrogen-bond donors (Lipinski definition) is 1. The van der Waals surface area contributed by atoms with Crippen molar-refractivity contribution in [1.82, 2.24) is 14.8 Å². The fraction of sp³-hybridized carbons (Fsp3) is 0.429. The van der Waals surface area contributed by atoms with Crippen molar-refractivity contribution in [2.24, 2.45) is 0 Å². The molecule has 1 saturated carbocycles. The lowest BCUT2D eigenvalue weighted by Gasteiger charge is -2.14. The zero-order valence-electron chi connectivity index (χ0n) is 10.6. The number of aromatic nitrogens is 3. The summed E-state index contributed by atoms with van der Waals surface area (Å²) in [5.41, 5.74) is 9.03. The molecular formula is C14H18N4. The highest BCUT2D eigenvalue weighted by Crippen LogP contribution is 2.34. The zero-order valence-corrected chi connectivity index (χ0v) is 10.6. The van der Waals surface area contributed by atoms with Crippen molar-refractivity contribution in [1.29, 1.82) is 0 Å². The van der Waals surface area contributed by atoms with Gasteiger partial charge in [-0.15, -0.1) is 10.2 Å². The van der Waals surface area contributed by atoms with Crippen LogP contribution in [0.3, 0.4) is 0 Å². The average Bonchev–Trinajstić information content (AvgIpc) is 3.00. The van der Waals surface area contributed by atoms with E-state index in [2.05, 4.69) is 27.8 Å². The maximum Gasteiger partial charge on any atom is 0.166 e. The van der Waals surface area contributed by atoms with Gasteiger partial charge in [-0.1, -0.05) is 24.5 Å². The van der Waals surface area contributed by atoms with E-state index >= 15 is 0 Å². The number of nitrogen functional groups attached to an aromatic ring is 1. The van der Waals surface area contributed by atoms with Crippen LogP contribution in [0.15, 0.2) is 24.5 Å². The molecule has 4 nitrogen and oxygen atoms in total. The van der Waals surface area contributed by atoms with Gasteiger partial charge < -0.3 is 10.3 Å². The highest BCUT2D eigenvalue weighted by atomic mass is 15.3. The molecule has 2 N–H and O–H groups in total. The Hall–Kier alpha value is -1.84. The quantitative estimate of drug-likeness (QED) is 0.824. The van der Waals surface area contributed by atoms with Crippen LogP contribution in [0.25, 0.3) is 11.4 Å². The molecule has 0 unspecified atom stereocenters. The molecule has 2 aromatic rings. The summed E-state index contributed by atoms with van der Waals surface area (Å²) < 4.78 is 2.19. The third kappa shape index (κ3) is 1.88. The van der Waals surface area contributed by atoms with E-state index in [4.69, 9.17) is 5.73 Å². The van der Waals surface area contributed by atoms with Crippen molar-refractivity contribution in [2.45, 2.75) is 38.6 Å². The third-order valence-corrected chi connectivity index (χ3v) is 3.74. The Morgan fingerprint density at radius 1 is 1.28 bits per heavy atom. The fourth-order valence-electron chi connectivity index (χ4n) is 2.75. The normalized spacial score (nSPS) is 16.3. The lowest BCUT2D eigenvalue weighted by atomic mass is 10.1. The molecule has 0 amide bonds. The van der Waals surface area contributed by atoms with Crippen LogP contribution in [0.4, 0.5) is 5.69 Å². The molecule has 0 bridgehead atoms. The molecule has 0 atom stereocenters. The Bertz CT molecular complexity index is 553. The molecule has 94 valence electrons. The Morgan fingerprint density at radius 3 is 2.83 bits per heavy atom. The number of benzene rings is 1. The van der Waals surface area contributed by atoms with Gasteiger partial charge in [0.05, 0.1) is 0 Å². The maximum absolute atomic E-state index is 6.07. The molecule has 1 aliphatic carbocycles. The molecule has 1 heterocycles. The van der Waals surface area contributed by atoms with E-state index in [9.17, 15) is 0 Å². The van der Waals surface area contributed by atoms with Crippen LogP contribution in [0, 0.1) is 6.92 Å². The summed E-state index contributed by atoms with van der Waals surface area (Å²) in [7, 11) is 0. The van der Waals surface area contributed by atoms with Crippen molar-refractivity contribution in [3.8, 4) is 11.4 Å². The Balaban J connectivity index is 2.06. The Kier molecular flexibility index (Phi) is 2.78. The van der Waals surface area contributed by atoms with Gasteiger partial charge in [0.1, 0.15) is 6.33 Å². The van der Waals surface area contributed by atoms with Crippen LogP contribution in [-0.4, -0.2) is 14.8 Å². The number of nitrogens with two attached hydrogens (primary N) is 1. The van der Waals surface area contributed by atoms with E-state index in [0.29, 0.717) is 6.04 Å². The van der Waals surface area contributed by atoms with Gasteiger partial charge in [0.2, 0.25) is 0 Å². The summed E-state index contributed by atoms with van der Waals surface area (Å²) >= 11 is 0. The first-order valence-electron chi connectivity index (χ1n) is 6.52. The number of anilines is 1. The molecule has 1 aromatic heterocycles. The summed E-state index contributed by atoms with van der Waals surface area (Å²) in [6.07, 6.45) is 6.87. The summed E-state index contributed by atoms with van der Waals surface area (Å²) in [4.78, 5) is 0. The highest BCUT2D eigenvalue weighted by Gasteiger charge is 2.21. The van der Waals surface area contributed by atoms with Gasteiger partial charge in [0.25, 0.3) is 0 Å². The van der Waals surface area contributed by atoms with E-state index < -0.39 is 0 Å². The van der Waals surface area contributed by atoms with E-state index in [0.717, 1.165) is 17.1 Å². The number of rotatable bonds is 2. The van der Waals surface area contributed by atoms with Crippen LogP contribution in [0.1, 0.15) is 37.3 Å². The predicted octanol–water partition coefficient (Wildman–Crippen LogP) is 2.95. The first-order valence-corrected chi connectivity index (χ1v) is 6.52. The predicted molar refractivity (Wildman–Crippen MR) is 72.1 cm³/mol. The second-order valence-electron chi connectivity index (χ2n) is 5.09. The SMILES string of the molecule is Cc1ccc(N)c(-c2nncn2C2CCCC2)c1. The van der Waals surface area contributed by atoms with Gasteiger partial charge in [-0.25, -0.2) is 0 Å². The van der Waals surface area contributed by atoms with Gasteiger partial charge in [-0.05, 0) is 31.9 Å². The molecule has 0 radical (unpaired) electrons. The minimum absolute atomic E-state index is 0.537. The van der Waals surface area contributed by atoms with Gasteiger partial charge in [-0.2, -0.15) is 0 Å². The van der Waals surface area contributed by atoms with E-state index in [1.54, 1.807) is 0 Å². The average molecular weight is 242 g/mol. The minimum atomic E-state index is 0.537. The zero-order chi connectivity index (χ0) is 12.5. The van der Waals surface area contributed by atoms with Gasteiger partial charge >= 0.3 is 0 Å². The van der Waals surface area contributed by atoms with Crippen molar-refractivity contribution >= 4 is 5.69 Å². The van der Waals surface area contributed by atoms with Gasteiger partial charge in [0.15, 0.2) is 5.82 Å². The monoisotopic (exact) mass is 242 g/mol. The van der Waals surface area contributed by atoms with Crippen molar-refractivity contribution < 1.29 is 0 Å². The highest BCUT2D eigenvalue weighted by molar-refractivity contribution is 5.72. The van der Waals surface area contributed by atoms with E-state index in [1.165, 1.54) is 31.2 Å². The molecule has 0 saturated heterocycles. The van der Waals surface area contributed by atoms with E-state index in [-0.39, 0.29) is 0 Å². The largest absolute Gasteiger partial charge is 0.398 e. The second-order valence-corrected chi connectivity index (χ2v) is 5.09. The lowest BCUT2D eigenvalue weighted by molar-refractivity contribution is 0.522. The maximum atomic E-state index is 6.07. The topological polar surface area (TPSA) is 56.7 Å².